The summed E-state index contributed by atoms with van der Waals surface area (Å²) in [4.78, 5) is 4.08. The highest BCUT2D eigenvalue weighted by molar-refractivity contribution is 7.18. The van der Waals surface area contributed by atoms with Crippen LogP contribution in [0.15, 0.2) is 18.5 Å². The van der Waals surface area contributed by atoms with Crippen molar-refractivity contribution in [3.8, 4) is 16.3 Å². The maximum atomic E-state index is 5.11. The molecular weight excluding hydrogens is 224 g/mol. The molecule has 0 saturated heterocycles. The van der Waals surface area contributed by atoms with Gasteiger partial charge in [-0.25, -0.2) is 0 Å². The first-order valence-electron chi connectivity index (χ1n) is 4.90. The monoisotopic (exact) mass is 236 g/mol. The van der Waals surface area contributed by atoms with E-state index in [2.05, 4.69) is 20.5 Å². The molecule has 6 heteroatoms. The first-order valence-corrected chi connectivity index (χ1v) is 5.72. The molecule has 0 aliphatic heterocycles. The molecule has 84 valence electrons. The Morgan fingerprint density at radius 3 is 3.00 bits per heavy atom. The topological polar surface area (TPSA) is 59.9 Å². The number of anilines is 1. The third-order valence-corrected chi connectivity index (χ3v) is 2.88. The van der Waals surface area contributed by atoms with Crippen LogP contribution < -0.4 is 10.1 Å². The number of hydrogen-bond acceptors (Lipinski definition) is 6. The predicted molar refractivity (Wildman–Crippen MR) is 63.9 cm³/mol. The van der Waals surface area contributed by atoms with Crippen LogP contribution in [0.3, 0.4) is 0 Å². The fourth-order valence-corrected chi connectivity index (χ4v) is 2.00. The zero-order valence-electron chi connectivity index (χ0n) is 9.10. The van der Waals surface area contributed by atoms with E-state index in [1.54, 1.807) is 19.5 Å². The van der Waals surface area contributed by atoms with E-state index in [1.165, 1.54) is 11.3 Å². The van der Waals surface area contributed by atoms with Crippen LogP contribution in [-0.2, 0) is 0 Å². The predicted octanol–water partition coefficient (Wildman–Crippen LogP) is 2.04. The molecule has 1 N–H and O–H groups in total. The minimum Gasteiger partial charge on any atom is -0.495 e. The highest BCUT2D eigenvalue weighted by atomic mass is 32.1. The number of nitrogens with zero attached hydrogens (tertiary/aromatic N) is 3. The van der Waals surface area contributed by atoms with Crippen molar-refractivity contribution in [2.24, 2.45) is 0 Å². The Morgan fingerprint density at radius 2 is 2.25 bits per heavy atom. The van der Waals surface area contributed by atoms with E-state index in [4.69, 9.17) is 4.74 Å². The van der Waals surface area contributed by atoms with Crippen molar-refractivity contribution in [3.63, 3.8) is 0 Å². The maximum absolute atomic E-state index is 5.11. The first kappa shape index (κ1) is 10.8. The Kier molecular flexibility index (Phi) is 3.31. The van der Waals surface area contributed by atoms with Crippen LogP contribution in [0.2, 0.25) is 0 Å². The van der Waals surface area contributed by atoms with Crippen LogP contribution in [0.5, 0.6) is 5.75 Å². The summed E-state index contributed by atoms with van der Waals surface area (Å²) >= 11 is 1.50. The number of hydrogen-bond donors (Lipinski definition) is 1. The van der Waals surface area contributed by atoms with Crippen LogP contribution in [0, 0.1) is 0 Å². The van der Waals surface area contributed by atoms with Gasteiger partial charge in [-0.15, -0.1) is 10.2 Å². The minimum atomic E-state index is 0.720. The molecule has 2 rings (SSSR count). The number of ether oxygens (including phenoxy) is 1. The molecule has 5 nitrogen and oxygen atoms in total. The van der Waals surface area contributed by atoms with Crippen LogP contribution in [0.1, 0.15) is 6.92 Å². The van der Waals surface area contributed by atoms with Crippen molar-refractivity contribution in [2.45, 2.75) is 6.92 Å². The lowest BCUT2D eigenvalue weighted by Gasteiger charge is -1.99. The molecule has 0 spiro atoms. The molecule has 0 aliphatic carbocycles. The van der Waals surface area contributed by atoms with E-state index >= 15 is 0 Å². The molecule has 2 aromatic rings. The molecule has 0 fully saturated rings. The second-order valence-corrected chi connectivity index (χ2v) is 4.03. The van der Waals surface area contributed by atoms with E-state index in [9.17, 15) is 0 Å². The van der Waals surface area contributed by atoms with Gasteiger partial charge in [-0.2, -0.15) is 0 Å². The summed E-state index contributed by atoms with van der Waals surface area (Å²) in [6.45, 7) is 2.86. The zero-order chi connectivity index (χ0) is 11.4. The summed E-state index contributed by atoms with van der Waals surface area (Å²) in [5.74, 6) is 0.720. The van der Waals surface area contributed by atoms with Crippen LogP contribution in [0.4, 0.5) is 5.13 Å². The molecule has 0 unspecified atom stereocenters. The summed E-state index contributed by atoms with van der Waals surface area (Å²) in [7, 11) is 1.62. The minimum absolute atomic E-state index is 0.720. The van der Waals surface area contributed by atoms with Gasteiger partial charge in [0.1, 0.15) is 5.75 Å². The van der Waals surface area contributed by atoms with E-state index in [0.29, 0.717) is 0 Å². The average molecular weight is 236 g/mol. The summed E-state index contributed by atoms with van der Waals surface area (Å²) < 4.78 is 5.11. The standard InChI is InChI=1S/C10H12N4OS/c1-3-12-10-14-13-9(16-10)7-4-8(15-2)6-11-5-7/h4-6H,3H2,1-2H3,(H,12,14). The summed E-state index contributed by atoms with van der Waals surface area (Å²) in [6, 6.07) is 1.89. The number of aromatic nitrogens is 3. The Labute approximate surface area is 97.5 Å². The summed E-state index contributed by atoms with van der Waals surface area (Å²) in [5, 5.41) is 12.9. The van der Waals surface area contributed by atoms with Gasteiger partial charge in [0.2, 0.25) is 5.13 Å². The van der Waals surface area contributed by atoms with Gasteiger partial charge in [0.15, 0.2) is 5.01 Å². The lowest BCUT2D eigenvalue weighted by Crippen LogP contribution is -1.94. The quantitative estimate of drug-likeness (QED) is 0.880. The van der Waals surface area contributed by atoms with E-state index < -0.39 is 0 Å². The maximum Gasteiger partial charge on any atom is 0.205 e. The molecule has 0 atom stereocenters. The van der Waals surface area contributed by atoms with Crippen molar-refractivity contribution >= 4 is 16.5 Å². The molecular formula is C10H12N4OS. The smallest absolute Gasteiger partial charge is 0.205 e. The highest BCUT2D eigenvalue weighted by Gasteiger charge is 2.07. The van der Waals surface area contributed by atoms with Crippen molar-refractivity contribution < 1.29 is 4.74 Å². The molecule has 0 radical (unpaired) electrons. The van der Waals surface area contributed by atoms with Gasteiger partial charge in [0, 0.05) is 18.3 Å². The molecule has 2 aromatic heterocycles. The van der Waals surface area contributed by atoms with E-state index in [-0.39, 0.29) is 0 Å². The number of methoxy groups -OCH3 is 1. The van der Waals surface area contributed by atoms with E-state index in [0.717, 1.165) is 28.0 Å². The lowest BCUT2D eigenvalue weighted by atomic mass is 10.3. The molecule has 0 aromatic carbocycles. The van der Waals surface area contributed by atoms with Crippen molar-refractivity contribution in [1.29, 1.82) is 0 Å². The van der Waals surface area contributed by atoms with Gasteiger partial charge in [-0.05, 0) is 13.0 Å². The van der Waals surface area contributed by atoms with Gasteiger partial charge >= 0.3 is 0 Å². The summed E-state index contributed by atoms with van der Waals surface area (Å²) in [6.07, 6.45) is 3.41. The SMILES string of the molecule is CCNc1nnc(-c2cncc(OC)c2)s1. The fourth-order valence-electron chi connectivity index (χ4n) is 1.21. The van der Waals surface area contributed by atoms with Crippen LogP contribution in [0.25, 0.3) is 10.6 Å². The first-order chi connectivity index (χ1) is 7.83. The van der Waals surface area contributed by atoms with Crippen LogP contribution in [-0.4, -0.2) is 28.8 Å². The third-order valence-electron chi connectivity index (χ3n) is 1.95. The van der Waals surface area contributed by atoms with E-state index in [1.807, 2.05) is 13.0 Å². The fraction of sp³-hybridized carbons (Fsp3) is 0.300. The highest BCUT2D eigenvalue weighted by Crippen LogP contribution is 2.27. The molecule has 2 heterocycles. The lowest BCUT2D eigenvalue weighted by molar-refractivity contribution is 0.413. The number of nitrogens with one attached hydrogen (secondary N) is 1. The third kappa shape index (κ3) is 2.27. The molecule has 0 aliphatic rings. The van der Waals surface area contributed by atoms with Gasteiger partial charge < -0.3 is 10.1 Å². The zero-order valence-corrected chi connectivity index (χ0v) is 9.91. The normalized spacial score (nSPS) is 10.1. The Morgan fingerprint density at radius 1 is 1.38 bits per heavy atom. The van der Waals surface area contributed by atoms with Crippen LogP contribution >= 0.6 is 11.3 Å². The second-order valence-electron chi connectivity index (χ2n) is 3.06. The van der Waals surface area contributed by atoms with Crippen molar-refractivity contribution in [3.05, 3.63) is 18.5 Å². The molecule has 16 heavy (non-hydrogen) atoms. The summed E-state index contributed by atoms with van der Waals surface area (Å²) in [5.41, 5.74) is 0.918. The Hall–Kier alpha value is -1.69. The Bertz CT molecular complexity index is 471. The average Bonchev–Trinajstić information content (AvgIpc) is 2.78. The second kappa shape index (κ2) is 4.89. The largest absolute Gasteiger partial charge is 0.495 e. The Balaban J connectivity index is 2.27. The molecule has 0 amide bonds. The van der Waals surface area contributed by atoms with Gasteiger partial charge in [-0.1, -0.05) is 11.3 Å². The van der Waals surface area contributed by atoms with Gasteiger partial charge in [0.05, 0.1) is 13.3 Å². The van der Waals surface area contributed by atoms with Crippen molar-refractivity contribution in [2.75, 3.05) is 19.0 Å². The van der Waals surface area contributed by atoms with Gasteiger partial charge in [0.25, 0.3) is 0 Å². The number of pyridine rings is 1. The number of rotatable bonds is 4. The van der Waals surface area contributed by atoms with Crippen molar-refractivity contribution in [1.82, 2.24) is 15.2 Å². The molecule has 0 bridgehead atoms. The van der Waals surface area contributed by atoms with Gasteiger partial charge in [-0.3, -0.25) is 4.98 Å². The molecule has 0 saturated carbocycles.